The van der Waals surface area contributed by atoms with Crippen LogP contribution in [-0.2, 0) is 11.4 Å². The highest BCUT2D eigenvalue weighted by molar-refractivity contribution is 5.66. The lowest BCUT2D eigenvalue weighted by atomic mass is 10.0. The minimum atomic E-state index is -1.06. The van der Waals surface area contributed by atoms with Crippen molar-refractivity contribution < 1.29 is 14.7 Å². The number of piperidine rings is 1. The molecule has 1 aliphatic heterocycles. The maximum Gasteiger partial charge on any atom is 0.408 e. The third-order valence-electron chi connectivity index (χ3n) is 3.31. The molecule has 0 aliphatic carbocycles. The number of carbonyl (C=O) groups is 1. The van der Waals surface area contributed by atoms with Crippen LogP contribution in [0.25, 0.3) is 0 Å². The first-order valence-corrected chi connectivity index (χ1v) is 6.51. The number of rotatable bonds is 4. The van der Waals surface area contributed by atoms with Gasteiger partial charge in [0.15, 0.2) is 0 Å². The van der Waals surface area contributed by atoms with E-state index in [-0.39, 0.29) is 12.6 Å². The molecule has 1 fully saturated rings. The first-order chi connectivity index (χ1) is 9.70. The van der Waals surface area contributed by atoms with Crippen molar-refractivity contribution in [3.63, 3.8) is 0 Å². The van der Waals surface area contributed by atoms with E-state index < -0.39 is 12.1 Å². The summed E-state index contributed by atoms with van der Waals surface area (Å²) in [6.07, 6.45) is 0.178. The zero-order valence-electron chi connectivity index (χ0n) is 11.0. The predicted octanol–water partition coefficient (Wildman–Crippen LogP) is 1.74. The van der Waals surface area contributed by atoms with Gasteiger partial charge in [-0.25, -0.2) is 4.79 Å². The van der Waals surface area contributed by atoms with Gasteiger partial charge in [-0.15, -0.1) is 0 Å². The highest BCUT2D eigenvalue weighted by Gasteiger charge is 2.31. The molecule has 0 radical (unpaired) electrons. The molecule has 106 valence electrons. The summed E-state index contributed by atoms with van der Waals surface area (Å²) in [5.41, 5.74) is 3.93. The maximum absolute atomic E-state index is 11.1. The first kappa shape index (κ1) is 14.3. The zero-order chi connectivity index (χ0) is 14.4. The zero-order valence-corrected chi connectivity index (χ0v) is 11.0. The molecule has 1 heterocycles. The van der Waals surface area contributed by atoms with E-state index in [0.29, 0.717) is 13.0 Å². The fourth-order valence-electron chi connectivity index (χ4n) is 2.23. The second-order valence-corrected chi connectivity index (χ2v) is 4.75. The molecule has 1 aliphatic rings. The Labute approximate surface area is 117 Å². The van der Waals surface area contributed by atoms with Crippen molar-refractivity contribution >= 4 is 6.09 Å². The van der Waals surface area contributed by atoms with Gasteiger partial charge < -0.3 is 5.11 Å². The molecule has 2 N–H and O–H groups in total. The van der Waals surface area contributed by atoms with Gasteiger partial charge in [0.25, 0.3) is 0 Å². The van der Waals surface area contributed by atoms with Gasteiger partial charge in [-0.3, -0.25) is 9.74 Å². The highest BCUT2D eigenvalue weighted by atomic mass is 16.6. The van der Waals surface area contributed by atoms with E-state index in [4.69, 9.17) is 15.2 Å². The Morgan fingerprint density at radius 1 is 1.45 bits per heavy atom. The third kappa shape index (κ3) is 3.70. The fourth-order valence-corrected chi connectivity index (χ4v) is 2.23. The number of hydrogen-bond donors (Lipinski definition) is 2. The third-order valence-corrected chi connectivity index (χ3v) is 3.31. The summed E-state index contributed by atoms with van der Waals surface area (Å²) in [4.78, 5) is 17.6. The van der Waals surface area contributed by atoms with Crippen molar-refractivity contribution in [1.29, 1.82) is 5.26 Å². The molecule has 20 heavy (non-hydrogen) atoms. The molecule has 1 aromatic carbocycles. The Morgan fingerprint density at radius 2 is 2.20 bits per heavy atom. The summed E-state index contributed by atoms with van der Waals surface area (Å²) in [6, 6.07) is 11.1. The van der Waals surface area contributed by atoms with Gasteiger partial charge >= 0.3 is 6.09 Å². The number of nitriles is 1. The van der Waals surface area contributed by atoms with E-state index in [1.54, 1.807) is 0 Å². The standard InChI is InChI=1S/C14H17N3O3/c15-8-13-7-6-12(9-17(13)14(18)19)16-20-10-11-4-2-1-3-5-11/h1-5,12-13,16H,6-7,9-10H2,(H,18,19)/t12-,13+/m0/s1. The van der Waals surface area contributed by atoms with Crippen molar-refractivity contribution in [2.24, 2.45) is 0 Å². The Balaban J connectivity index is 1.80. The van der Waals surface area contributed by atoms with Gasteiger partial charge in [-0.1, -0.05) is 30.3 Å². The summed E-state index contributed by atoms with van der Waals surface area (Å²) in [7, 11) is 0. The number of carboxylic acid groups (broad SMARTS) is 1. The van der Waals surface area contributed by atoms with Crippen LogP contribution >= 0.6 is 0 Å². The molecule has 1 amide bonds. The van der Waals surface area contributed by atoms with E-state index in [2.05, 4.69) is 5.48 Å². The lowest BCUT2D eigenvalue weighted by Gasteiger charge is -2.34. The maximum atomic E-state index is 11.1. The van der Waals surface area contributed by atoms with Crippen molar-refractivity contribution in [3.05, 3.63) is 35.9 Å². The van der Waals surface area contributed by atoms with Crippen molar-refractivity contribution in [2.75, 3.05) is 6.54 Å². The minimum Gasteiger partial charge on any atom is -0.465 e. The van der Waals surface area contributed by atoms with Crippen molar-refractivity contribution in [2.45, 2.75) is 31.5 Å². The fraction of sp³-hybridized carbons (Fsp3) is 0.429. The Bertz CT molecular complexity index is 486. The monoisotopic (exact) mass is 275 g/mol. The lowest BCUT2D eigenvalue weighted by molar-refractivity contribution is -0.0168. The van der Waals surface area contributed by atoms with E-state index >= 15 is 0 Å². The Hall–Kier alpha value is -2.10. The molecular formula is C14H17N3O3. The van der Waals surface area contributed by atoms with Crippen LogP contribution in [0.2, 0.25) is 0 Å². The smallest absolute Gasteiger partial charge is 0.408 e. The van der Waals surface area contributed by atoms with E-state index in [0.717, 1.165) is 16.9 Å². The van der Waals surface area contributed by atoms with Crippen LogP contribution in [0.1, 0.15) is 18.4 Å². The van der Waals surface area contributed by atoms with Gasteiger partial charge in [-0.2, -0.15) is 10.7 Å². The van der Waals surface area contributed by atoms with Crippen LogP contribution in [0, 0.1) is 11.3 Å². The van der Waals surface area contributed by atoms with E-state index in [9.17, 15) is 4.79 Å². The van der Waals surface area contributed by atoms with Crippen molar-refractivity contribution in [1.82, 2.24) is 10.4 Å². The topological polar surface area (TPSA) is 85.6 Å². The number of likely N-dealkylation sites (tertiary alicyclic amines) is 1. The van der Waals surface area contributed by atoms with E-state index in [1.807, 2.05) is 36.4 Å². The van der Waals surface area contributed by atoms with Gasteiger partial charge in [0.1, 0.15) is 6.04 Å². The second kappa shape index (κ2) is 6.89. The first-order valence-electron chi connectivity index (χ1n) is 6.51. The molecule has 2 atom stereocenters. The van der Waals surface area contributed by atoms with Gasteiger partial charge in [0.05, 0.1) is 18.7 Å². The molecule has 0 bridgehead atoms. The van der Waals surface area contributed by atoms with Crippen LogP contribution in [0.4, 0.5) is 4.79 Å². The van der Waals surface area contributed by atoms with Crippen LogP contribution in [0.15, 0.2) is 30.3 Å². The summed E-state index contributed by atoms with van der Waals surface area (Å²) in [5.74, 6) is 0. The molecule has 1 aromatic rings. The lowest BCUT2D eigenvalue weighted by Crippen LogP contribution is -2.51. The molecule has 0 aromatic heterocycles. The SMILES string of the molecule is N#C[C@H]1CC[C@H](NOCc2ccccc2)CN1C(=O)O. The molecular weight excluding hydrogens is 258 g/mol. The Kier molecular flexibility index (Phi) is 4.93. The van der Waals surface area contributed by atoms with Gasteiger partial charge in [0, 0.05) is 6.54 Å². The normalized spacial score (nSPS) is 22.2. The summed E-state index contributed by atoms with van der Waals surface area (Å²) in [5, 5.41) is 18.0. The number of amides is 1. The van der Waals surface area contributed by atoms with E-state index in [1.165, 1.54) is 0 Å². The van der Waals surface area contributed by atoms with Crippen LogP contribution in [0.3, 0.4) is 0 Å². The van der Waals surface area contributed by atoms with Gasteiger partial charge in [0.2, 0.25) is 0 Å². The number of hydroxylamine groups is 1. The molecule has 0 saturated carbocycles. The number of nitrogens with one attached hydrogen (secondary N) is 1. The second-order valence-electron chi connectivity index (χ2n) is 4.75. The van der Waals surface area contributed by atoms with Crippen molar-refractivity contribution in [3.8, 4) is 6.07 Å². The summed E-state index contributed by atoms with van der Waals surface area (Å²) >= 11 is 0. The number of benzene rings is 1. The number of nitrogens with zero attached hydrogens (tertiary/aromatic N) is 2. The molecule has 6 heteroatoms. The summed E-state index contributed by atoms with van der Waals surface area (Å²) in [6.45, 7) is 0.689. The predicted molar refractivity (Wildman–Crippen MR) is 71.5 cm³/mol. The molecule has 6 nitrogen and oxygen atoms in total. The van der Waals surface area contributed by atoms with Crippen LogP contribution in [-0.4, -0.2) is 34.7 Å². The average molecular weight is 275 g/mol. The van der Waals surface area contributed by atoms with Crippen LogP contribution in [0.5, 0.6) is 0 Å². The van der Waals surface area contributed by atoms with Crippen LogP contribution < -0.4 is 5.48 Å². The molecule has 0 unspecified atom stereocenters. The average Bonchev–Trinajstić information content (AvgIpc) is 2.48. The molecule has 0 spiro atoms. The molecule has 2 rings (SSSR count). The quantitative estimate of drug-likeness (QED) is 0.817. The number of hydrogen-bond acceptors (Lipinski definition) is 4. The largest absolute Gasteiger partial charge is 0.465 e. The highest BCUT2D eigenvalue weighted by Crippen LogP contribution is 2.17. The Morgan fingerprint density at radius 3 is 2.85 bits per heavy atom. The molecule has 1 saturated heterocycles. The van der Waals surface area contributed by atoms with Gasteiger partial charge in [-0.05, 0) is 18.4 Å². The summed E-state index contributed by atoms with van der Waals surface area (Å²) < 4.78 is 0. The minimum absolute atomic E-state index is 0.0839.